The highest BCUT2D eigenvalue weighted by atomic mass is 32.2. The summed E-state index contributed by atoms with van der Waals surface area (Å²) in [6, 6.07) is 9.46. The molecule has 0 N–H and O–H groups in total. The quantitative estimate of drug-likeness (QED) is 0.517. The molecule has 1 aliphatic heterocycles. The predicted molar refractivity (Wildman–Crippen MR) is 114 cm³/mol. The molecule has 11 heteroatoms. The zero-order valence-corrected chi connectivity index (χ0v) is 18.3. The van der Waals surface area contributed by atoms with Crippen LogP contribution in [0.15, 0.2) is 46.0 Å². The van der Waals surface area contributed by atoms with Gasteiger partial charge in [-0.25, -0.2) is 9.69 Å². The summed E-state index contributed by atoms with van der Waals surface area (Å²) in [6.45, 7) is 0. The normalized spacial score (nSPS) is 15.9. The monoisotopic (exact) mass is 444 g/mol. The van der Waals surface area contributed by atoms with Gasteiger partial charge in [-0.1, -0.05) is 23.9 Å². The van der Waals surface area contributed by atoms with Crippen LogP contribution in [0.5, 0.6) is 11.5 Å². The van der Waals surface area contributed by atoms with Gasteiger partial charge in [0.1, 0.15) is 0 Å². The second-order valence-electron chi connectivity index (χ2n) is 6.47. The Balaban J connectivity index is 1.61. The molecule has 0 radical (unpaired) electrons. The number of carbonyl (C=O) groups excluding carboxylic acids is 1. The van der Waals surface area contributed by atoms with Crippen molar-refractivity contribution in [3.63, 3.8) is 0 Å². The maximum Gasteiger partial charge on any atom is 0.253 e. The number of thioether (sulfide) groups is 1. The van der Waals surface area contributed by atoms with E-state index >= 15 is 0 Å². The number of hydrogen-bond acceptors (Lipinski definition) is 9. The highest BCUT2D eigenvalue weighted by molar-refractivity contribution is 7.99. The van der Waals surface area contributed by atoms with Gasteiger partial charge in [-0.3, -0.25) is 4.79 Å². The molecule has 1 atom stereocenters. The molecule has 0 spiro atoms. The number of hydrogen-bond donors (Lipinski definition) is 0. The summed E-state index contributed by atoms with van der Waals surface area (Å²) in [7, 11) is 4.93. The molecule has 0 saturated heterocycles. The minimum atomic E-state index is -0.229. The number of tetrazole rings is 1. The average molecular weight is 445 g/mol. The van der Waals surface area contributed by atoms with Crippen molar-refractivity contribution in [1.29, 1.82) is 0 Å². The number of aryl methyl sites for hydroxylation is 1. The topological polar surface area (TPSA) is 94.7 Å². The van der Waals surface area contributed by atoms with Crippen molar-refractivity contribution in [2.75, 3.05) is 20.0 Å². The van der Waals surface area contributed by atoms with Crippen molar-refractivity contribution in [3.05, 3.63) is 46.2 Å². The van der Waals surface area contributed by atoms with Crippen LogP contribution < -0.4 is 9.47 Å². The smallest absolute Gasteiger partial charge is 0.253 e. The number of methoxy groups -OCH3 is 2. The van der Waals surface area contributed by atoms with Gasteiger partial charge in [0, 0.05) is 13.5 Å². The molecular weight excluding hydrogens is 424 g/mol. The summed E-state index contributed by atoms with van der Waals surface area (Å²) in [4.78, 5) is 14.2. The van der Waals surface area contributed by atoms with Gasteiger partial charge >= 0.3 is 0 Å². The second kappa shape index (κ2) is 8.84. The third kappa shape index (κ3) is 4.03. The number of ether oxygens (including phenoxy) is 2. The zero-order valence-electron chi connectivity index (χ0n) is 16.7. The Bertz CT molecular complexity index is 1070. The molecule has 1 aromatic carbocycles. The highest BCUT2D eigenvalue weighted by Crippen LogP contribution is 2.38. The van der Waals surface area contributed by atoms with Gasteiger partial charge in [0.05, 0.1) is 36.6 Å². The number of hydrazone groups is 1. The minimum Gasteiger partial charge on any atom is -0.493 e. The van der Waals surface area contributed by atoms with Crippen molar-refractivity contribution in [2.45, 2.75) is 17.6 Å². The van der Waals surface area contributed by atoms with Gasteiger partial charge in [0.25, 0.3) is 5.91 Å². The molecule has 0 unspecified atom stereocenters. The fourth-order valence-electron chi connectivity index (χ4n) is 3.19. The van der Waals surface area contributed by atoms with E-state index < -0.39 is 0 Å². The van der Waals surface area contributed by atoms with Crippen LogP contribution in [0.4, 0.5) is 0 Å². The van der Waals surface area contributed by atoms with Crippen LogP contribution in [-0.2, 0) is 11.8 Å². The van der Waals surface area contributed by atoms with E-state index in [2.05, 4.69) is 20.6 Å². The lowest BCUT2D eigenvalue weighted by atomic mass is 10.0. The second-order valence-corrected chi connectivity index (χ2v) is 8.36. The summed E-state index contributed by atoms with van der Waals surface area (Å²) in [5.74, 6) is 1.32. The molecule has 0 bridgehead atoms. The first-order valence-corrected chi connectivity index (χ1v) is 11.0. The average Bonchev–Trinajstić information content (AvgIpc) is 3.52. The molecule has 0 aliphatic carbocycles. The standard InChI is InChI=1S/C19H20N6O3S2/c1-24-19(20-22-23-24)30-11-18(26)25-14(10-13(21-25)17-5-4-8-29-17)12-6-7-15(27-2)16(9-12)28-3/h4-9,14H,10-11H2,1-3H3/t14-/m0/s1. The van der Waals surface area contributed by atoms with Crippen LogP contribution in [-0.4, -0.2) is 56.8 Å². The van der Waals surface area contributed by atoms with E-state index in [9.17, 15) is 4.79 Å². The number of aromatic nitrogens is 4. The number of rotatable bonds is 7. The van der Waals surface area contributed by atoms with E-state index in [0.717, 1.165) is 16.2 Å². The SMILES string of the molecule is COc1ccc([C@@H]2CC(c3cccs3)=NN2C(=O)CSc2nnnn2C)cc1OC. The first-order chi connectivity index (χ1) is 14.6. The van der Waals surface area contributed by atoms with Crippen LogP contribution in [0.25, 0.3) is 0 Å². The van der Waals surface area contributed by atoms with Crippen LogP contribution in [0.3, 0.4) is 0 Å². The Morgan fingerprint density at radius 1 is 1.27 bits per heavy atom. The van der Waals surface area contributed by atoms with E-state index in [4.69, 9.17) is 9.47 Å². The van der Waals surface area contributed by atoms with Crippen molar-refractivity contribution in [3.8, 4) is 11.5 Å². The summed E-state index contributed by atoms with van der Waals surface area (Å²) < 4.78 is 12.3. The fraction of sp³-hybridized carbons (Fsp3) is 0.316. The van der Waals surface area contributed by atoms with Gasteiger partial charge in [0.15, 0.2) is 11.5 Å². The molecule has 4 rings (SSSR count). The Morgan fingerprint density at radius 3 is 2.77 bits per heavy atom. The third-order valence-corrected chi connectivity index (χ3v) is 6.58. The molecule has 1 aliphatic rings. The van der Waals surface area contributed by atoms with Gasteiger partial charge in [-0.2, -0.15) is 5.10 Å². The lowest BCUT2D eigenvalue weighted by Crippen LogP contribution is -2.28. The lowest BCUT2D eigenvalue weighted by molar-refractivity contribution is -0.130. The number of amides is 1. The molecule has 0 saturated carbocycles. The first-order valence-electron chi connectivity index (χ1n) is 9.11. The third-order valence-electron chi connectivity index (χ3n) is 4.67. The van der Waals surface area contributed by atoms with E-state index in [1.807, 2.05) is 35.7 Å². The summed E-state index contributed by atoms with van der Waals surface area (Å²) in [5, 5.41) is 20.1. The zero-order chi connectivity index (χ0) is 21.1. The minimum absolute atomic E-state index is 0.116. The molecule has 3 heterocycles. The maximum atomic E-state index is 13.1. The van der Waals surface area contributed by atoms with Gasteiger partial charge < -0.3 is 9.47 Å². The number of nitrogens with zero attached hydrogens (tertiary/aromatic N) is 6. The Labute approximate surface area is 181 Å². The van der Waals surface area contributed by atoms with Crippen molar-refractivity contribution < 1.29 is 14.3 Å². The fourth-order valence-corrected chi connectivity index (χ4v) is 4.61. The summed E-state index contributed by atoms with van der Waals surface area (Å²) >= 11 is 2.89. The molecule has 156 valence electrons. The molecule has 0 fully saturated rings. The van der Waals surface area contributed by atoms with Crippen molar-refractivity contribution in [2.24, 2.45) is 12.1 Å². The molecule has 1 amide bonds. The van der Waals surface area contributed by atoms with Gasteiger partial charge in [-0.15, -0.1) is 16.4 Å². The van der Waals surface area contributed by atoms with Gasteiger partial charge in [-0.05, 0) is 39.6 Å². The highest BCUT2D eigenvalue weighted by Gasteiger charge is 2.34. The Morgan fingerprint density at radius 2 is 2.10 bits per heavy atom. The van der Waals surface area contributed by atoms with Crippen LogP contribution >= 0.6 is 23.1 Å². The number of benzene rings is 1. The lowest BCUT2D eigenvalue weighted by Gasteiger charge is -2.22. The summed E-state index contributed by atoms with van der Waals surface area (Å²) in [5.41, 5.74) is 1.82. The van der Waals surface area contributed by atoms with Crippen LogP contribution in [0.1, 0.15) is 22.9 Å². The Kier molecular flexibility index (Phi) is 6.00. The summed E-state index contributed by atoms with van der Waals surface area (Å²) in [6.07, 6.45) is 0.623. The number of thiophene rings is 1. The number of carbonyl (C=O) groups is 1. The van der Waals surface area contributed by atoms with E-state index in [-0.39, 0.29) is 17.7 Å². The van der Waals surface area contributed by atoms with Crippen LogP contribution in [0, 0.1) is 0 Å². The van der Waals surface area contributed by atoms with Crippen molar-refractivity contribution >= 4 is 34.7 Å². The Hall–Kier alpha value is -2.92. The molecule has 2 aromatic heterocycles. The first kappa shape index (κ1) is 20.4. The van der Waals surface area contributed by atoms with Crippen LogP contribution in [0.2, 0.25) is 0 Å². The molecule has 3 aromatic rings. The molecule has 30 heavy (non-hydrogen) atoms. The van der Waals surface area contributed by atoms with Crippen molar-refractivity contribution in [1.82, 2.24) is 25.2 Å². The largest absolute Gasteiger partial charge is 0.493 e. The van der Waals surface area contributed by atoms with E-state index in [1.165, 1.54) is 16.4 Å². The molecular formula is C19H20N6O3S2. The predicted octanol–water partition coefficient (Wildman–Crippen LogP) is 2.76. The molecule has 9 nitrogen and oxygen atoms in total. The maximum absolute atomic E-state index is 13.1. The van der Waals surface area contributed by atoms with E-state index in [1.54, 1.807) is 37.6 Å². The van der Waals surface area contributed by atoms with Gasteiger partial charge in [0.2, 0.25) is 5.16 Å². The van der Waals surface area contributed by atoms with E-state index in [0.29, 0.717) is 23.1 Å².